The fraction of sp³-hybridized carbons (Fsp3) is 0.929. The molecular formula is C14H25NO. The summed E-state index contributed by atoms with van der Waals surface area (Å²) >= 11 is 0. The van der Waals surface area contributed by atoms with E-state index in [0.717, 1.165) is 25.9 Å². The fourth-order valence-electron chi connectivity index (χ4n) is 3.48. The highest BCUT2D eigenvalue weighted by atomic mass is 16.1. The van der Waals surface area contributed by atoms with Gasteiger partial charge in [0.05, 0.1) is 0 Å². The van der Waals surface area contributed by atoms with E-state index in [-0.39, 0.29) is 0 Å². The van der Waals surface area contributed by atoms with Gasteiger partial charge in [-0.05, 0) is 44.7 Å². The highest BCUT2D eigenvalue weighted by molar-refractivity contribution is 5.83. The van der Waals surface area contributed by atoms with Gasteiger partial charge in [-0.25, -0.2) is 0 Å². The third kappa shape index (κ3) is 2.65. The molecule has 1 aliphatic heterocycles. The number of nitrogens with one attached hydrogen (secondary N) is 1. The zero-order valence-electron chi connectivity index (χ0n) is 10.5. The van der Waals surface area contributed by atoms with Crippen LogP contribution in [0, 0.1) is 17.8 Å². The number of ketones is 1. The average molecular weight is 223 g/mol. The summed E-state index contributed by atoms with van der Waals surface area (Å²) in [6, 6.07) is 0. The summed E-state index contributed by atoms with van der Waals surface area (Å²) in [6.07, 6.45) is 8.42. The Labute approximate surface area is 99.2 Å². The van der Waals surface area contributed by atoms with Crippen LogP contribution in [0.1, 0.15) is 51.9 Å². The third-order valence-electron chi connectivity index (χ3n) is 4.54. The van der Waals surface area contributed by atoms with Gasteiger partial charge in [0.15, 0.2) is 0 Å². The van der Waals surface area contributed by atoms with E-state index in [1.807, 2.05) is 0 Å². The summed E-state index contributed by atoms with van der Waals surface area (Å²) in [5.41, 5.74) is 0. The molecule has 16 heavy (non-hydrogen) atoms. The summed E-state index contributed by atoms with van der Waals surface area (Å²) in [4.78, 5) is 12.5. The first-order chi connectivity index (χ1) is 7.83. The lowest BCUT2D eigenvalue weighted by Gasteiger charge is -2.33. The Balaban J connectivity index is 1.95. The number of rotatable bonds is 3. The first-order valence-electron chi connectivity index (χ1n) is 7.07. The van der Waals surface area contributed by atoms with Crippen molar-refractivity contribution in [2.24, 2.45) is 17.8 Å². The van der Waals surface area contributed by atoms with E-state index in [2.05, 4.69) is 12.2 Å². The van der Waals surface area contributed by atoms with Gasteiger partial charge in [-0.2, -0.15) is 0 Å². The molecule has 1 saturated heterocycles. The second kappa shape index (κ2) is 5.81. The van der Waals surface area contributed by atoms with Gasteiger partial charge in [-0.15, -0.1) is 0 Å². The van der Waals surface area contributed by atoms with E-state index >= 15 is 0 Å². The van der Waals surface area contributed by atoms with Gasteiger partial charge in [0.25, 0.3) is 0 Å². The monoisotopic (exact) mass is 223 g/mol. The van der Waals surface area contributed by atoms with Gasteiger partial charge in [0.2, 0.25) is 0 Å². The Bertz CT molecular complexity index is 233. The molecule has 2 unspecified atom stereocenters. The van der Waals surface area contributed by atoms with Gasteiger partial charge >= 0.3 is 0 Å². The zero-order chi connectivity index (χ0) is 11.4. The van der Waals surface area contributed by atoms with Gasteiger partial charge in [-0.3, -0.25) is 4.79 Å². The largest absolute Gasteiger partial charge is 0.317 e. The van der Waals surface area contributed by atoms with Crippen LogP contribution in [0.5, 0.6) is 0 Å². The number of hydrogen-bond donors (Lipinski definition) is 1. The molecule has 1 heterocycles. The third-order valence-corrected chi connectivity index (χ3v) is 4.54. The molecule has 1 saturated carbocycles. The van der Waals surface area contributed by atoms with Crippen LogP contribution < -0.4 is 5.32 Å². The molecule has 0 bridgehead atoms. The van der Waals surface area contributed by atoms with E-state index < -0.39 is 0 Å². The van der Waals surface area contributed by atoms with Gasteiger partial charge in [0.1, 0.15) is 5.78 Å². The van der Waals surface area contributed by atoms with Gasteiger partial charge < -0.3 is 5.32 Å². The second-order valence-electron chi connectivity index (χ2n) is 5.49. The standard InChI is InChI=1S/C14H25NO/c1-2-11-5-3-4-6-13(11)14(16)12-7-9-15-10-8-12/h11-13,15H,2-10H2,1H3. The lowest BCUT2D eigenvalue weighted by Crippen LogP contribution is -2.37. The van der Waals surface area contributed by atoms with E-state index in [1.54, 1.807) is 0 Å². The van der Waals surface area contributed by atoms with Crippen LogP contribution in [0.3, 0.4) is 0 Å². The lowest BCUT2D eigenvalue weighted by atomic mass is 9.71. The number of piperidine rings is 1. The number of Topliss-reactive ketones (excluding diaryl/α,β-unsaturated/α-hetero) is 1. The molecule has 0 amide bonds. The molecule has 92 valence electrons. The number of carbonyl (C=O) groups is 1. The first kappa shape index (κ1) is 12.1. The minimum absolute atomic E-state index is 0.374. The van der Waals surface area contributed by atoms with Crippen molar-refractivity contribution in [3.63, 3.8) is 0 Å². The summed E-state index contributed by atoms with van der Waals surface area (Å²) in [5.74, 6) is 2.07. The van der Waals surface area contributed by atoms with Crippen molar-refractivity contribution in [2.45, 2.75) is 51.9 Å². The van der Waals surface area contributed by atoms with Crippen LogP contribution in [-0.4, -0.2) is 18.9 Å². The van der Waals surface area contributed by atoms with Crippen molar-refractivity contribution < 1.29 is 4.79 Å². The highest BCUT2D eigenvalue weighted by Gasteiger charge is 2.33. The van der Waals surface area contributed by atoms with E-state index in [1.165, 1.54) is 32.1 Å². The molecule has 0 aromatic carbocycles. The zero-order valence-corrected chi connectivity index (χ0v) is 10.5. The van der Waals surface area contributed by atoms with Crippen LogP contribution in [0.2, 0.25) is 0 Å². The molecular weight excluding hydrogens is 198 g/mol. The van der Waals surface area contributed by atoms with Gasteiger partial charge in [0, 0.05) is 11.8 Å². The van der Waals surface area contributed by atoms with Crippen LogP contribution in [0.15, 0.2) is 0 Å². The molecule has 1 N–H and O–H groups in total. The summed E-state index contributed by atoms with van der Waals surface area (Å²) in [7, 11) is 0. The van der Waals surface area contributed by atoms with Crippen LogP contribution in [0.25, 0.3) is 0 Å². The topological polar surface area (TPSA) is 29.1 Å². The molecule has 2 fully saturated rings. The molecule has 1 aliphatic carbocycles. The lowest BCUT2D eigenvalue weighted by molar-refractivity contribution is -0.130. The Morgan fingerprint density at radius 2 is 1.81 bits per heavy atom. The maximum absolute atomic E-state index is 12.5. The highest BCUT2D eigenvalue weighted by Crippen LogP contribution is 2.35. The van der Waals surface area contributed by atoms with Crippen molar-refractivity contribution in [3.8, 4) is 0 Å². The van der Waals surface area contributed by atoms with Crippen molar-refractivity contribution in [3.05, 3.63) is 0 Å². The van der Waals surface area contributed by atoms with Crippen molar-refractivity contribution in [1.29, 1.82) is 0 Å². The predicted molar refractivity (Wildman–Crippen MR) is 66.3 cm³/mol. The van der Waals surface area contributed by atoms with Crippen LogP contribution in [-0.2, 0) is 4.79 Å². The molecule has 2 atom stereocenters. The molecule has 2 nitrogen and oxygen atoms in total. The van der Waals surface area contributed by atoms with Crippen molar-refractivity contribution in [2.75, 3.05) is 13.1 Å². The first-order valence-corrected chi connectivity index (χ1v) is 7.07. The Morgan fingerprint density at radius 3 is 2.50 bits per heavy atom. The molecule has 2 aliphatic rings. The molecule has 0 aromatic rings. The summed E-state index contributed by atoms with van der Waals surface area (Å²) in [5, 5.41) is 3.35. The number of hydrogen-bond acceptors (Lipinski definition) is 2. The smallest absolute Gasteiger partial charge is 0.139 e. The number of carbonyl (C=O) groups excluding carboxylic acids is 1. The van der Waals surface area contributed by atoms with Crippen molar-refractivity contribution >= 4 is 5.78 Å². The fourth-order valence-corrected chi connectivity index (χ4v) is 3.48. The van der Waals surface area contributed by atoms with E-state index in [0.29, 0.717) is 23.5 Å². The Morgan fingerprint density at radius 1 is 1.12 bits per heavy atom. The maximum atomic E-state index is 12.5. The van der Waals surface area contributed by atoms with E-state index in [4.69, 9.17) is 0 Å². The normalized spacial score (nSPS) is 32.6. The van der Waals surface area contributed by atoms with E-state index in [9.17, 15) is 4.79 Å². The summed E-state index contributed by atoms with van der Waals surface area (Å²) < 4.78 is 0. The van der Waals surface area contributed by atoms with Crippen molar-refractivity contribution in [1.82, 2.24) is 5.32 Å². The Hall–Kier alpha value is -0.370. The average Bonchev–Trinajstić information content (AvgIpc) is 2.39. The Kier molecular flexibility index (Phi) is 4.39. The molecule has 0 aromatic heterocycles. The van der Waals surface area contributed by atoms with Crippen LogP contribution >= 0.6 is 0 Å². The maximum Gasteiger partial charge on any atom is 0.139 e. The summed E-state index contributed by atoms with van der Waals surface area (Å²) in [6.45, 7) is 4.33. The molecule has 0 radical (unpaired) electrons. The predicted octanol–water partition coefficient (Wildman–Crippen LogP) is 2.77. The minimum atomic E-state index is 0.374. The SMILES string of the molecule is CCC1CCCCC1C(=O)C1CCNCC1. The van der Waals surface area contributed by atoms with Crippen LogP contribution in [0.4, 0.5) is 0 Å². The molecule has 2 rings (SSSR count). The molecule has 0 spiro atoms. The quantitative estimate of drug-likeness (QED) is 0.797. The molecule has 2 heteroatoms. The minimum Gasteiger partial charge on any atom is -0.317 e. The van der Waals surface area contributed by atoms with Gasteiger partial charge in [-0.1, -0.05) is 26.2 Å². The second-order valence-corrected chi connectivity index (χ2v) is 5.49.